The molecule has 2 rings (SSSR count). The number of amides is 2. The van der Waals surface area contributed by atoms with Crippen LogP contribution in [-0.4, -0.2) is 23.3 Å². The molecule has 3 heteroatoms. The second-order valence-electron chi connectivity index (χ2n) is 5.31. The second-order valence-corrected chi connectivity index (χ2v) is 5.31. The van der Waals surface area contributed by atoms with Crippen molar-refractivity contribution >= 4 is 11.8 Å². The van der Waals surface area contributed by atoms with Crippen LogP contribution in [0.4, 0.5) is 0 Å². The first-order chi connectivity index (χ1) is 8.17. The van der Waals surface area contributed by atoms with Crippen LogP contribution in [0, 0.1) is 17.8 Å². The number of piperidine rings is 1. The van der Waals surface area contributed by atoms with E-state index in [0.717, 1.165) is 32.1 Å². The Kier molecular flexibility index (Phi) is 3.51. The topological polar surface area (TPSA) is 37.4 Å². The fourth-order valence-electron chi connectivity index (χ4n) is 3.10. The molecule has 0 aromatic rings. The molecule has 0 radical (unpaired) electrons. The highest BCUT2D eigenvalue weighted by Crippen LogP contribution is 2.46. The summed E-state index contributed by atoms with van der Waals surface area (Å²) in [6, 6.07) is 0. The summed E-state index contributed by atoms with van der Waals surface area (Å²) in [4.78, 5) is 25.4. The third-order valence-electron chi connectivity index (χ3n) is 4.02. The third-order valence-corrected chi connectivity index (χ3v) is 4.02. The van der Waals surface area contributed by atoms with Gasteiger partial charge in [0.1, 0.15) is 0 Å². The lowest BCUT2D eigenvalue weighted by molar-refractivity contribution is -0.153. The quantitative estimate of drug-likeness (QED) is 0.425. The Balaban J connectivity index is 1.97. The minimum atomic E-state index is 0.0107. The van der Waals surface area contributed by atoms with Crippen LogP contribution < -0.4 is 0 Å². The summed E-state index contributed by atoms with van der Waals surface area (Å²) in [6.07, 6.45) is 12.1. The number of nitrogens with zero attached hydrogens (tertiary/aromatic N) is 1. The van der Waals surface area contributed by atoms with E-state index in [2.05, 4.69) is 5.92 Å². The van der Waals surface area contributed by atoms with Gasteiger partial charge in [-0.1, -0.05) is 12.8 Å². The van der Waals surface area contributed by atoms with E-state index in [-0.39, 0.29) is 17.2 Å². The van der Waals surface area contributed by atoms with Gasteiger partial charge in [-0.15, -0.1) is 12.3 Å². The summed E-state index contributed by atoms with van der Waals surface area (Å²) in [6.45, 7) is 0.498. The third kappa shape index (κ3) is 2.52. The summed E-state index contributed by atoms with van der Waals surface area (Å²) in [5, 5.41) is 0. The van der Waals surface area contributed by atoms with Crippen molar-refractivity contribution in [3.8, 4) is 12.3 Å². The maximum absolute atomic E-state index is 12.0. The zero-order valence-corrected chi connectivity index (χ0v) is 10.2. The Morgan fingerprint density at radius 1 is 1.18 bits per heavy atom. The minimum Gasteiger partial charge on any atom is -0.283 e. The van der Waals surface area contributed by atoms with E-state index in [4.69, 9.17) is 6.42 Å². The van der Waals surface area contributed by atoms with E-state index < -0.39 is 0 Å². The molecule has 3 nitrogen and oxygen atoms in total. The van der Waals surface area contributed by atoms with Crippen LogP contribution in [0.25, 0.3) is 0 Å². The van der Waals surface area contributed by atoms with Gasteiger partial charge in [0.15, 0.2) is 0 Å². The van der Waals surface area contributed by atoms with Gasteiger partial charge in [0.25, 0.3) is 0 Å². The molecule has 1 saturated heterocycles. The Hall–Kier alpha value is -1.30. The summed E-state index contributed by atoms with van der Waals surface area (Å²) < 4.78 is 0. The first kappa shape index (κ1) is 12.2. The molecule has 0 bridgehead atoms. The van der Waals surface area contributed by atoms with Crippen molar-refractivity contribution in [1.82, 2.24) is 4.90 Å². The van der Waals surface area contributed by atoms with Gasteiger partial charge >= 0.3 is 0 Å². The highest BCUT2D eigenvalue weighted by atomic mass is 16.2. The van der Waals surface area contributed by atoms with E-state index in [9.17, 15) is 9.59 Å². The predicted molar refractivity (Wildman–Crippen MR) is 64.9 cm³/mol. The first-order valence-electron chi connectivity index (χ1n) is 6.44. The molecular formula is C14H19NO2. The van der Waals surface area contributed by atoms with Crippen molar-refractivity contribution in [1.29, 1.82) is 0 Å². The summed E-state index contributed by atoms with van der Waals surface area (Å²) >= 11 is 0. The lowest BCUT2D eigenvalue weighted by Crippen LogP contribution is -2.47. The van der Waals surface area contributed by atoms with Crippen molar-refractivity contribution in [3.05, 3.63) is 0 Å². The molecule has 1 aliphatic carbocycles. The summed E-state index contributed by atoms with van der Waals surface area (Å²) in [5.41, 5.74) is 0.0107. The molecule has 1 spiro atoms. The fourth-order valence-corrected chi connectivity index (χ4v) is 3.10. The lowest BCUT2D eigenvalue weighted by Gasteiger charge is -2.37. The van der Waals surface area contributed by atoms with Gasteiger partial charge < -0.3 is 0 Å². The van der Waals surface area contributed by atoms with Gasteiger partial charge in [0.05, 0.1) is 0 Å². The van der Waals surface area contributed by atoms with Crippen LogP contribution in [0.5, 0.6) is 0 Å². The van der Waals surface area contributed by atoms with Crippen molar-refractivity contribution in [2.24, 2.45) is 5.41 Å². The second kappa shape index (κ2) is 4.91. The molecule has 1 aliphatic heterocycles. The first-order valence-corrected chi connectivity index (χ1v) is 6.44. The molecular weight excluding hydrogens is 214 g/mol. The largest absolute Gasteiger partial charge is 0.283 e. The number of unbranched alkanes of at least 4 members (excludes halogenated alkanes) is 1. The molecule has 2 fully saturated rings. The Bertz CT molecular complexity index is 341. The number of rotatable bonds is 3. The lowest BCUT2D eigenvalue weighted by atomic mass is 9.76. The van der Waals surface area contributed by atoms with Crippen LogP contribution in [0.2, 0.25) is 0 Å². The highest BCUT2D eigenvalue weighted by Gasteiger charge is 2.44. The molecule has 0 aromatic heterocycles. The van der Waals surface area contributed by atoms with Crippen LogP contribution >= 0.6 is 0 Å². The zero-order valence-electron chi connectivity index (χ0n) is 10.2. The van der Waals surface area contributed by atoms with Gasteiger partial charge in [-0.05, 0) is 24.7 Å². The maximum atomic E-state index is 12.0. The molecule has 0 unspecified atom stereocenters. The average molecular weight is 233 g/mol. The Morgan fingerprint density at radius 2 is 1.76 bits per heavy atom. The number of carbonyl (C=O) groups is 2. The van der Waals surface area contributed by atoms with E-state index >= 15 is 0 Å². The normalized spacial score (nSPS) is 23.1. The molecule has 0 atom stereocenters. The number of hydrogen-bond acceptors (Lipinski definition) is 2. The Morgan fingerprint density at radius 3 is 2.29 bits per heavy atom. The molecule has 1 saturated carbocycles. The number of carbonyl (C=O) groups excluding carboxylic acids is 2. The summed E-state index contributed by atoms with van der Waals surface area (Å²) in [5.74, 6) is 2.56. The number of hydrogen-bond donors (Lipinski definition) is 0. The number of likely N-dealkylation sites (tertiary alicyclic amines) is 1. The van der Waals surface area contributed by atoms with Crippen molar-refractivity contribution < 1.29 is 9.59 Å². The average Bonchev–Trinajstić information content (AvgIpc) is 2.70. The standard InChI is InChI=1S/C14H19NO2/c1-2-3-6-9-15-12(16)10-14(11-13(15)17)7-4-5-8-14/h1H,3-11H2. The number of imide groups is 1. The molecule has 2 amide bonds. The van der Waals surface area contributed by atoms with Crippen LogP contribution in [0.1, 0.15) is 51.4 Å². The monoisotopic (exact) mass is 233 g/mol. The van der Waals surface area contributed by atoms with Crippen molar-refractivity contribution in [2.45, 2.75) is 51.4 Å². The SMILES string of the molecule is C#CCCCN1C(=O)CC2(CCCC2)CC1=O. The smallest absolute Gasteiger partial charge is 0.229 e. The summed E-state index contributed by atoms with van der Waals surface area (Å²) in [7, 11) is 0. The van der Waals surface area contributed by atoms with Crippen LogP contribution in [-0.2, 0) is 9.59 Å². The van der Waals surface area contributed by atoms with E-state index in [1.807, 2.05) is 0 Å². The minimum absolute atomic E-state index is 0.0107. The van der Waals surface area contributed by atoms with Gasteiger partial charge in [0.2, 0.25) is 11.8 Å². The van der Waals surface area contributed by atoms with E-state index in [0.29, 0.717) is 25.8 Å². The molecule has 2 aliphatic rings. The van der Waals surface area contributed by atoms with E-state index in [1.54, 1.807) is 0 Å². The maximum Gasteiger partial charge on any atom is 0.229 e. The molecule has 0 aromatic carbocycles. The Labute approximate surface area is 103 Å². The highest BCUT2D eigenvalue weighted by molar-refractivity contribution is 5.98. The van der Waals surface area contributed by atoms with Crippen molar-refractivity contribution in [3.63, 3.8) is 0 Å². The van der Waals surface area contributed by atoms with Gasteiger partial charge in [-0.3, -0.25) is 14.5 Å². The fraction of sp³-hybridized carbons (Fsp3) is 0.714. The van der Waals surface area contributed by atoms with Crippen LogP contribution in [0.15, 0.2) is 0 Å². The zero-order chi connectivity index (χ0) is 12.3. The van der Waals surface area contributed by atoms with Crippen molar-refractivity contribution in [2.75, 3.05) is 6.54 Å². The molecule has 0 N–H and O–H groups in total. The molecule has 92 valence electrons. The molecule has 17 heavy (non-hydrogen) atoms. The van der Waals surface area contributed by atoms with Crippen LogP contribution in [0.3, 0.4) is 0 Å². The van der Waals surface area contributed by atoms with Gasteiger partial charge in [0, 0.05) is 25.8 Å². The molecule has 1 heterocycles. The van der Waals surface area contributed by atoms with Gasteiger partial charge in [-0.2, -0.15) is 0 Å². The predicted octanol–water partition coefficient (Wildman–Crippen LogP) is 2.11. The van der Waals surface area contributed by atoms with Gasteiger partial charge in [-0.25, -0.2) is 0 Å². The van der Waals surface area contributed by atoms with E-state index in [1.165, 1.54) is 4.90 Å². The number of terminal acetylenes is 1.